The number of aryl methyl sites for hydroxylation is 1. The topological polar surface area (TPSA) is 30.3 Å². The third kappa shape index (κ3) is 2.07. The van der Waals surface area contributed by atoms with Crippen LogP contribution < -0.4 is 0 Å². The van der Waals surface area contributed by atoms with Gasteiger partial charge < -0.3 is 4.74 Å². The minimum absolute atomic E-state index is 0.0448. The Morgan fingerprint density at radius 1 is 1.43 bits per heavy atom. The summed E-state index contributed by atoms with van der Waals surface area (Å²) in [6.45, 7) is 8.61. The molecule has 21 heavy (non-hydrogen) atoms. The van der Waals surface area contributed by atoms with E-state index in [1.165, 1.54) is 43.5 Å². The molecule has 0 N–H and O–H groups in total. The number of fused-ring (bicyclic) bond motifs is 5. The third-order valence-corrected chi connectivity index (χ3v) is 5.61. The summed E-state index contributed by atoms with van der Waals surface area (Å²) >= 11 is 0. The molecule has 1 aromatic heterocycles. The second-order valence-electron chi connectivity index (χ2n) is 8.22. The van der Waals surface area contributed by atoms with Crippen molar-refractivity contribution in [3.63, 3.8) is 0 Å². The van der Waals surface area contributed by atoms with Crippen molar-refractivity contribution in [2.45, 2.75) is 69.6 Å². The smallest absolute Gasteiger partial charge is 0.0704 e. The highest BCUT2D eigenvalue weighted by molar-refractivity contribution is 5.35. The van der Waals surface area contributed by atoms with Gasteiger partial charge in [0.05, 0.1) is 17.9 Å². The highest BCUT2D eigenvalue weighted by Gasteiger charge is 2.57. The molecular formula is C17H27N3O. The molecule has 0 spiro atoms. The van der Waals surface area contributed by atoms with Crippen molar-refractivity contribution in [3.8, 4) is 0 Å². The van der Waals surface area contributed by atoms with Gasteiger partial charge in [-0.2, -0.15) is 5.10 Å². The molecule has 0 saturated carbocycles. The van der Waals surface area contributed by atoms with E-state index in [4.69, 9.17) is 9.84 Å². The van der Waals surface area contributed by atoms with E-state index in [1.54, 1.807) is 0 Å². The quantitative estimate of drug-likeness (QED) is 0.838. The van der Waals surface area contributed by atoms with E-state index in [2.05, 4.69) is 31.9 Å². The summed E-state index contributed by atoms with van der Waals surface area (Å²) in [5.41, 5.74) is 3.08. The summed E-state index contributed by atoms with van der Waals surface area (Å²) in [6, 6.07) is 0.676. The molecule has 3 unspecified atom stereocenters. The lowest BCUT2D eigenvalue weighted by Gasteiger charge is -2.37. The van der Waals surface area contributed by atoms with Gasteiger partial charge in [-0.15, -0.1) is 0 Å². The van der Waals surface area contributed by atoms with Gasteiger partial charge in [-0.05, 0) is 58.6 Å². The molecule has 0 radical (unpaired) electrons. The molecule has 4 rings (SSSR count). The molecule has 1 aliphatic carbocycles. The van der Waals surface area contributed by atoms with Crippen molar-refractivity contribution in [1.82, 2.24) is 14.7 Å². The van der Waals surface area contributed by atoms with E-state index in [9.17, 15) is 0 Å². The first-order valence-corrected chi connectivity index (χ1v) is 8.31. The van der Waals surface area contributed by atoms with Crippen LogP contribution in [-0.2, 0) is 18.2 Å². The zero-order valence-corrected chi connectivity index (χ0v) is 13.7. The molecule has 0 bridgehead atoms. The summed E-state index contributed by atoms with van der Waals surface area (Å²) in [5, 5.41) is 4.75. The number of aromatic nitrogens is 2. The Morgan fingerprint density at radius 2 is 2.24 bits per heavy atom. The predicted octanol–water partition coefficient (Wildman–Crippen LogP) is 2.48. The lowest BCUT2D eigenvalue weighted by atomic mass is 9.89. The Hall–Kier alpha value is -0.870. The normalized spacial score (nSPS) is 35.0. The van der Waals surface area contributed by atoms with Crippen molar-refractivity contribution in [3.05, 3.63) is 17.5 Å². The van der Waals surface area contributed by atoms with Gasteiger partial charge in [0, 0.05) is 30.7 Å². The molecule has 0 aromatic carbocycles. The summed E-state index contributed by atoms with van der Waals surface area (Å²) in [7, 11) is 2.04. The van der Waals surface area contributed by atoms with E-state index in [-0.39, 0.29) is 11.1 Å². The van der Waals surface area contributed by atoms with Crippen LogP contribution in [0.25, 0.3) is 0 Å². The summed E-state index contributed by atoms with van der Waals surface area (Å²) in [4.78, 5) is 2.77. The Labute approximate surface area is 127 Å². The van der Waals surface area contributed by atoms with E-state index in [0.717, 1.165) is 6.61 Å². The molecule has 116 valence electrons. The Morgan fingerprint density at radius 3 is 3.00 bits per heavy atom. The Balaban J connectivity index is 1.60. The minimum atomic E-state index is -0.0448. The number of ether oxygens (including phenoxy) is 1. The number of rotatable bonds is 2. The van der Waals surface area contributed by atoms with Gasteiger partial charge in [-0.1, -0.05) is 0 Å². The fraction of sp³-hybridized carbons (Fsp3) is 0.824. The third-order valence-electron chi connectivity index (χ3n) is 5.61. The zero-order valence-electron chi connectivity index (χ0n) is 13.7. The first kappa shape index (κ1) is 13.8. The van der Waals surface area contributed by atoms with E-state index < -0.39 is 0 Å². The van der Waals surface area contributed by atoms with Gasteiger partial charge in [0.25, 0.3) is 0 Å². The fourth-order valence-electron chi connectivity index (χ4n) is 4.80. The molecule has 2 fully saturated rings. The lowest BCUT2D eigenvalue weighted by Crippen LogP contribution is -2.47. The highest BCUT2D eigenvalue weighted by atomic mass is 16.5. The fourth-order valence-corrected chi connectivity index (χ4v) is 4.80. The average Bonchev–Trinajstić information content (AvgIpc) is 3.04. The Kier molecular flexibility index (Phi) is 2.84. The van der Waals surface area contributed by atoms with Crippen LogP contribution in [0.3, 0.4) is 0 Å². The summed E-state index contributed by atoms with van der Waals surface area (Å²) in [5.74, 6) is 0.630. The highest BCUT2D eigenvalue weighted by Crippen LogP contribution is 2.53. The van der Waals surface area contributed by atoms with E-state index in [1.807, 2.05) is 11.7 Å². The first-order valence-electron chi connectivity index (χ1n) is 8.31. The van der Waals surface area contributed by atoms with Crippen LogP contribution in [0.2, 0.25) is 0 Å². The molecule has 4 nitrogen and oxygen atoms in total. The lowest BCUT2D eigenvalue weighted by molar-refractivity contribution is -0.0566. The number of hydrogen-bond acceptors (Lipinski definition) is 3. The molecule has 3 atom stereocenters. The molecule has 4 heteroatoms. The van der Waals surface area contributed by atoms with E-state index >= 15 is 0 Å². The van der Waals surface area contributed by atoms with Crippen LogP contribution in [0.5, 0.6) is 0 Å². The maximum absolute atomic E-state index is 6.21. The van der Waals surface area contributed by atoms with Gasteiger partial charge in [-0.3, -0.25) is 9.58 Å². The average molecular weight is 289 g/mol. The van der Waals surface area contributed by atoms with Crippen molar-refractivity contribution < 1.29 is 4.74 Å². The van der Waals surface area contributed by atoms with Crippen molar-refractivity contribution in [2.75, 3.05) is 13.2 Å². The maximum atomic E-state index is 6.21. The second kappa shape index (κ2) is 4.32. The molecule has 3 heterocycles. The van der Waals surface area contributed by atoms with Gasteiger partial charge in [-0.25, -0.2) is 0 Å². The standard InChI is InChI=1S/C17H27N3O/c1-16(2,3)21-11-17-6-5-7-20(17)14-8-12-10-19(4)18-15(12)13(14)9-17/h10,13-14H,5-9,11H2,1-4H3. The Bertz CT molecular complexity index is 559. The molecular weight excluding hydrogens is 262 g/mol. The van der Waals surface area contributed by atoms with Gasteiger partial charge in [0.15, 0.2) is 0 Å². The van der Waals surface area contributed by atoms with Crippen molar-refractivity contribution in [2.24, 2.45) is 7.05 Å². The number of hydrogen-bond donors (Lipinski definition) is 0. The second-order valence-corrected chi connectivity index (χ2v) is 8.22. The molecule has 2 saturated heterocycles. The van der Waals surface area contributed by atoms with Crippen LogP contribution in [0.4, 0.5) is 0 Å². The van der Waals surface area contributed by atoms with Crippen molar-refractivity contribution in [1.29, 1.82) is 0 Å². The molecule has 1 aromatic rings. The van der Waals surface area contributed by atoms with Crippen LogP contribution in [0.1, 0.15) is 57.2 Å². The van der Waals surface area contributed by atoms with Gasteiger partial charge >= 0.3 is 0 Å². The summed E-state index contributed by atoms with van der Waals surface area (Å²) < 4.78 is 8.20. The molecule has 0 amide bonds. The van der Waals surface area contributed by atoms with Gasteiger partial charge in [0.2, 0.25) is 0 Å². The zero-order chi connectivity index (χ0) is 14.8. The van der Waals surface area contributed by atoms with Crippen LogP contribution in [0, 0.1) is 0 Å². The summed E-state index contributed by atoms with van der Waals surface area (Å²) in [6.07, 6.45) is 7.25. The number of nitrogens with zero attached hydrogens (tertiary/aromatic N) is 3. The largest absolute Gasteiger partial charge is 0.374 e. The van der Waals surface area contributed by atoms with Crippen molar-refractivity contribution >= 4 is 0 Å². The first-order chi connectivity index (χ1) is 9.88. The van der Waals surface area contributed by atoms with Gasteiger partial charge in [0.1, 0.15) is 0 Å². The van der Waals surface area contributed by atoms with E-state index in [0.29, 0.717) is 12.0 Å². The maximum Gasteiger partial charge on any atom is 0.0704 e. The predicted molar refractivity (Wildman–Crippen MR) is 82.4 cm³/mol. The molecule has 2 aliphatic heterocycles. The monoisotopic (exact) mass is 289 g/mol. The van der Waals surface area contributed by atoms with Crippen LogP contribution in [0.15, 0.2) is 6.20 Å². The SMILES string of the molecule is Cn1cc2c(n1)C1CC3(COC(C)(C)C)CCCN3C1C2. The minimum Gasteiger partial charge on any atom is -0.374 e. The molecule has 3 aliphatic rings. The van der Waals surface area contributed by atoms with Crippen LogP contribution >= 0.6 is 0 Å². The van der Waals surface area contributed by atoms with Crippen LogP contribution in [-0.4, -0.2) is 45.0 Å².